The average molecular weight is 700 g/mol. The minimum absolute atomic E-state index is 0.698. The molecule has 9 aromatic carbocycles. The lowest BCUT2D eigenvalue weighted by Crippen LogP contribution is -1.98. The van der Waals surface area contributed by atoms with Gasteiger partial charge in [0.25, 0.3) is 0 Å². The summed E-state index contributed by atoms with van der Waals surface area (Å²) in [6, 6.07) is 71.5. The SMILES string of the molecule is c1ccc(-c2nc(-c3ccccc3-c3cccc4c3c3ccccc3n4-c3ccccc3)cc(-c3c4ccccc4cc4c3ccc3ccccc34)n2)cc1. The Morgan fingerprint density at radius 1 is 0.345 bits per heavy atom. The van der Waals surface area contributed by atoms with Gasteiger partial charge in [0.05, 0.1) is 22.4 Å². The topological polar surface area (TPSA) is 30.7 Å². The first-order chi connectivity index (χ1) is 27.3. The van der Waals surface area contributed by atoms with Gasteiger partial charge in [0.15, 0.2) is 5.82 Å². The molecule has 2 heterocycles. The van der Waals surface area contributed by atoms with E-state index in [1.54, 1.807) is 0 Å². The molecule has 0 amide bonds. The number of benzene rings is 9. The molecule has 11 rings (SSSR count). The number of fused-ring (bicyclic) bond motifs is 7. The predicted molar refractivity (Wildman–Crippen MR) is 231 cm³/mol. The Morgan fingerprint density at radius 2 is 0.964 bits per heavy atom. The van der Waals surface area contributed by atoms with Gasteiger partial charge in [-0.15, -0.1) is 0 Å². The van der Waals surface area contributed by atoms with E-state index < -0.39 is 0 Å². The van der Waals surface area contributed by atoms with Crippen LogP contribution in [-0.4, -0.2) is 14.5 Å². The van der Waals surface area contributed by atoms with Gasteiger partial charge in [-0.3, -0.25) is 0 Å². The van der Waals surface area contributed by atoms with Gasteiger partial charge in [0.1, 0.15) is 0 Å². The normalized spacial score (nSPS) is 11.6. The highest BCUT2D eigenvalue weighted by Gasteiger charge is 2.21. The monoisotopic (exact) mass is 699 g/mol. The van der Waals surface area contributed by atoms with Gasteiger partial charge in [0, 0.05) is 33.2 Å². The van der Waals surface area contributed by atoms with Gasteiger partial charge < -0.3 is 4.57 Å². The van der Waals surface area contributed by atoms with Crippen molar-refractivity contribution in [2.45, 2.75) is 0 Å². The molecule has 2 aromatic heterocycles. The lowest BCUT2D eigenvalue weighted by Gasteiger charge is -2.17. The first-order valence-corrected chi connectivity index (χ1v) is 18.8. The Hall–Kier alpha value is -7.36. The maximum absolute atomic E-state index is 5.40. The molecule has 256 valence electrons. The van der Waals surface area contributed by atoms with Crippen molar-refractivity contribution in [1.29, 1.82) is 0 Å². The van der Waals surface area contributed by atoms with Gasteiger partial charge in [-0.2, -0.15) is 0 Å². The quantitative estimate of drug-likeness (QED) is 0.132. The molecule has 11 aromatic rings. The second-order valence-electron chi connectivity index (χ2n) is 14.1. The van der Waals surface area contributed by atoms with Crippen molar-refractivity contribution < 1.29 is 0 Å². The summed E-state index contributed by atoms with van der Waals surface area (Å²) in [5.74, 6) is 0.698. The summed E-state index contributed by atoms with van der Waals surface area (Å²) in [7, 11) is 0. The maximum Gasteiger partial charge on any atom is 0.160 e. The summed E-state index contributed by atoms with van der Waals surface area (Å²) in [4.78, 5) is 10.8. The molecular formula is C52H33N3. The highest BCUT2D eigenvalue weighted by Crippen LogP contribution is 2.44. The minimum atomic E-state index is 0.698. The van der Waals surface area contributed by atoms with Crippen LogP contribution >= 0.6 is 0 Å². The molecule has 0 atom stereocenters. The molecule has 3 nitrogen and oxygen atoms in total. The fraction of sp³-hybridized carbons (Fsp3) is 0. The third-order valence-electron chi connectivity index (χ3n) is 11.0. The van der Waals surface area contributed by atoms with E-state index in [1.165, 1.54) is 59.7 Å². The van der Waals surface area contributed by atoms with Crippen LogP contribution in [0.4, 0.5) is 0 Å². The molecule has 0 aliphatic rings. The lowest BCUT2D eigenvalue weighted by molar-refractivity contribution is 1.18. The highest BCUT2D eigenvalue weighted by molar-refractivity contribution is 6.20. The molecule has 0 aliphatic carbocycles. The smallest absolute Gasteiger partial charge is 0.160 e. The Morgan fingerprint density at radius 3 is 1.80 bits per heavy atom. The number of hydrogen-bond acceptors (Lipinski definition) is 2. The van der Waals surface area contributed by atoms with E-state index in [0.717, 1.165) is 39.3 Å². The molecule has 0 N–H and O–H groups in total. The first-order valence-electron chi connectivity index (χ1n) is 18.8. The summed E-state index contributed by atoms with van der Waals surface area (Å²) < 4.78 is 2.38. The summed E-state index contributed by atoms with van der Waals surface area (Å²) in [6.45, 7) is 0. The Bertz CT molecular complexity index is 3250. The molecule has 0 bridgehead atoms. The van der Waals surface area contributed by atoms with Crippen molar-refractivity contribution >= 4 is 54.1 Å². The Kier molecular flexibility index (Phi) is 7.17. The molecule has 0 aliphatic heterocycles. The Balaban J connectivity index is 1.21. The molecule has 0 radical (unpaired) electrons. The van der Waals surface area contributed by atoms with Crippen molar-refractivity contribution in [1.82, 2.24) is 14.5 Å². The highest BCUT2D eigenvalue weighted by atomic mass is 15.0. The molecule has 3 heteroatoms. The second kappa shape index (κ2) is 12.6. The standard InChI is InChI=1S/C52H33N3/c1-3-17-35(18-4-1)52-53-46(33-47(54-52)50-39-23-10-8-19-36(39)32-45-38-22-9-7-16-34(38)30-31-43(45)50)41-25-12-11-24-40(41)42-27-15-29-49-51(42)44-26-13-14-28-48(44)55(49)37-20-5-2-6-21-37/h1-33H. The lowest BCUT2D eigenvalue weighted by atomic mass is 9.90. The molecular weight excluding hydrogens is 667 g/mol. The number of hydrogen-bond donors (Lipinski definition) is 0. The van der Waals surface area contributed by atoms with Gasteiger partial charge in [-0.1, -0.05) is 164 Å². The third-order valence-corrected chi connectivity index (χ3v) is 11.0. The molecule has 55 heavy (non-hydrogen) atoms. The third kappa shape index (κ3) is 5.05. The van der Waals surface area contributed by atoms with E-state index in [0.29, 0.717) is 5.82 Å². The molecule has 0 spiro atoms. The summed E-state index contributed by atoms with van der Waals surface area (Å²) in [5, 5.41) is 9.64. The van der Waals surface area contributed by atoms with Crippen LogP contribution in [0, 0.1) is 0 Å². The van der Waals surface area contributed by atoms with E-state index >= 15 is 0 Å². The van der Waals surface area contributed by atoms with Gasteiger partial charge in [-0.25, -0.2) is 9.97 Å². The van der Waals surface area contributed by atoms with Crippen molar-refractivity contribution in [3.05, 3.63) is 200 Å². The average Bonchev–Trinajstić information content (AvgIpc) is 3.61. The van der Waals surface area contributed by atoms with Crippen molar-refractivity contribution in [3.8, 4) is 50.7 Å². The van der Waals surface area contributed by atoms with Gasteiger partial charge >= 0.3 is 0 Å². The fourth-order valence-corrected chi connectivity index (χ4v) is 8.57. The van der Waals surface area contributed by atoms with Crippen LogP contribution in [0.3, 0.4) is 0 Å². The van der Waals surface area contributed by atoms with E-state index in [1.807, 2.05) is 6.07 Å². The van der Waals surface area contributed by atoms with Crippen LogP contribution in [0.15, 0.2) is 200 Å². The van der Waals surface area contributed by atoms with Gasteiger partial charge in [-0.05, 0) is 79.8 Å². The van der Waals surface area contributed by atoms with E-state index in [-0.39, 0.29) is 0 Å². The second-order valence-corrected chi connectivity index (χ2v) is 14.1. The van der Waals surface area contributed by atoms with E-state index in [4.69, 9.17) is 9.97 Å². The molecule has 0 saturated heterocycles. The molecule has 0 unspecified atom stereocenters. The summed E-state index contributed by atoms with van der Waals surface area (Å²) >= 11 is 0. The maximum atomic E-state index is 5.40. The predicted octanol–water partition coefficient (Wildman–Crippen LogP) is 13.7. The van der Waals surface area contributed by atoms with Crippen molar-refractivity contribution in [2.75, 3.05) is 0 Å². The van der Waals surface area contributed by atoms with E-state index in [2.05, 4.69) is 199 Å². The Labute approximate surface area is 318 Å². The van der Waals surface area contributed by atoms with Crippen molar-refractivity contribution in [2.24, 2.45) is 0 Å². The summed E-state index contributed by atoms with van der Waals surface area (Å²) in [6.07, 6.45) is 0. The molecule has 0 saturated carbocycles. The van der Waals surface area contributed by atoms with Gasteiger partial charge in [0.2, 0.25) is 0 Å². The largest absolute Gasteiger partial charge is 0.309 e. The van der Waals surface area contributed by atoms with Crippen LogP contribution < -0.4 is 0 Å². The summed E-state index contributed by atoms with van der Waals surface area (Å²) in [5.41, 5.74) is 10.7. The number of nitrogens with zero attached hydrogens (tertiary/aromatic N) is 3. The van der Waals surface area contributed by atoms with Crippen LogP contribution in [0.5, 0.6) is 0 Å². The minimum Gasteiger partial charge on any atom is -0.309 e. The zero-order chi connectivity index (χ0) is 36.3. The number of aromatic nitrogens is 3. The molecule has 0 fully saturated rings. The zero-order valence-corrected chi connectivity index (χ0v) is 29.9. The van der Waals surface area contributed by atoms with E-state index in [9.17, 15) is 0 Å². The number of rotatable bonds is 5. The van der Waals surface area contributed by atoms with Crippen LogP contribution in [-0.2, 0) is 0 Å². The first kappa shape index (κ1) is 31.2. The van der Waals surface area contributed by atoms with Crippen LogP contribution in [0.1, 0.15) is 0 Å². The van der Waals surface area contributed by atoms with Crippen molar-refractivity contribution in [3.63, 3.8) is 0 Å². The zero-order valence-electron chi connectivity index (χ0n) is 29.9. The fourth-order valence-electron chi connectivity index (χ4n) is 8.57. The number of para-hydroxylation sites is 2. The van der Waals surface area contributed by atoms with Crippen LogP contribution in [0.2, 0.25) is 0 Å². The van der Waals surface area contributed by atoms with Crippen LogP contribution in [0.25, 0.3) is 105 Å².